The standard InChI is InChI=1S/C21H20FN7/c1-12-16(22)2-3-19(26-12)21-15(10-25-28-21)17-4-5-18-20(27-17)8-14(9-24-18)29-7-6-13(23)11-29/h2-5,8-10,13H,6-7,11,23H2,1H3,(H,25,28). The topological polar surface area (TPSA) is 96.6 Å². The first-order valence-corrected chi connectivity index (χ1v) is 9.53. The average Bonchev–Trinajstić information content (AvgIpc) is 3.38. The molecular weight excluding hydrogens is 369 g/mol. The van der Waals surface area contributed by atoms with Crippen LogP contribution in [0.2, 0.25) is 0 Å². The Morgan fingerprint density at radius 2 is 1.97 bits per heavy atom. The Morgan fingerprint density at radius 1 is 1.10 bits per heavy atom. The van der Waals surface area contributed by atoms with E-state index in [1.54, 1.807) is 19.2 Å². The summed E-state index contributed by atoms with van der Waals surface area (Å²) in [5.41, 5.74) is 11.9. The third-order valence-electron chi connectivity index (χ3n) is 5.31. The van der Waals surface area contributed by atoms with Gasteiger partial charge in [-0.25, -0.2) is 14.4 Å². The fraction of sp³-hybridized carbons (Fsp3) is 0.238. The fourth-order valence-corrected chi connectivity index (χ4v) is 3.70. The number of H-pyrrole nitrogens is 1. The molecule has 4 aromatic rings. The van der Waals surface area contributed by atoms with Gasteiger partial charge in [0, 0.05) is 24.7 Å². The molecule has 1 aliphatic heterocycles. The van der Waals surface area contributed by atoms with Crippen LogP contribution in [0.15, 0.2) is 42.7 Å². The number of aromatic amines is 1. The molecule has 29 heavy (non-hydrogen) atoms. The molecule has 1 fully saturated rings. The molecule has 0 amide bonds. The van der Waals surface area contributed by atoms with Gasteiger partial charge in [0.1, 0.15) is 5.82 Å². The molecule has 0 aromatic carbocycles. The molecular formula is C21H20FN7. The Bertz CT molecular complexity index is 1200. The summed E-state index contributed by atoms with van der Waals surface area (Å²) in [4.78, 5) is 15.9. The number of anilines is 1. The lowest BCUT2D eigenvalue weighted by Crippen LogP contribution is -2.26. The number of nitrogens with one attached hydrogen (secondary N) is 1. The van der Waals surface area contributed by atoms with Crippen LogP contribution in [0.5, 0.6) is 0 Å². The molecule has 5 rings (SSSR count). The zero-order chi connectivity index (χ0) is 20.0. The van der Waals surface area contributed by atoms with Gasteiger partial charge < -0.3 is 10.6 Å². The Morgan fingerprint density at radius 3 is 2.76 bits per heavy atom. The summed E-state index contributed by atoms with van der Waals surface area (Å²) in [6, 6.07) is 9.14. The van der Waals surface area contributed by atoms with Crippen molar-refractivity contribution in [1.29, 1.82) is 0 Å². The van der Waals surface area contributed by atoms with E-state index in [-0.39, 0.29) is 11.9 Å². The minimum absolute atomic E-state index is 0.199. The number of hydrogen-bond acceptors (Lipinski definition) is 6. The van der Waals surface area contributed by atoms with Gasteiger partial charge in [-0.2, -0.15) is 5.10 Å². The Kier molecular flexibility index (Phi) is 4.21. The highest BCUT2D eigenvalue weighted by molar-refractivity contribution is 5.84. The molecule has 0 radical (unpaired) electrons. The molecule has 146 valence electrons. The van der Waals surface area contributed by atoms with E-state index in [1.807, 2.05) is 24.4 Å². The van der Waals surface area contributed by atoms with Crippen LogP contribution in [-0.2, 0) is 0 Å². The Labute approximate surface area is 166 Å². The molecule has 0 saturated carbocycles. The van der Waals surface area contributed by atoms with Gasteiger partial charge in [-0.1, -0.05) is 0 Å². The van der Waals surface area contributed by atoms with E-state index in [2.05, 4.69) is 25.1 Å². The number of nitrogens with two attached hydrogens (primary N) is 1. The molecule has 1 atom stereocenters. The highest BCUT2D eigenvalue weighted by Crippen LogP contribution is 2.30. The molecule has 0 spiro atoms. The maximum atomic E-state index is 13.6. The molecule has 0 aliphatic carbocycles. The van der Waals surface area contributed by atoms with E-state index in [1.165, 1.54) is 6.07 Å². The predicted molar refractivity (Wildman–Crippen MR) is 110 cm³/mol. The van der Waals surface area contributed by atoms with Gasteiger partial charge in [0.25, 0.3) is 0 Å². The van der Waals surface area contributed by atoms with E-state index >= 15 is 0 Å². The second kappa shape index (κ2) is 6.89. The van der Waals surface area contributed by atoms with Gasteiger partial charge in [0.15, 0.2) is 0 Å². The number of fused-ring (bicyclic) bond motifs is 1. The zero-order valence-electron chi connectivity index (χ0n) is 15.9. The van der Waals surface area contributed by atoms with E-state index in [4.69, 9.17) is 10.7 Å². The second-order valence-corrected chi connectivity index (χ2v) is 7.35. The van der Waals surface area contributed by atoms with Gasteiger partial charge >= 0.3 is 0 Å². The molecule has 1 aliphatic rings. The van der Waals surface area contributed by atoms with Crippen LogP contribution >= 0.6 is 0 Å². The van der Waals surface area contributed by atoms with Crippen LogP contribution in [0.25, 0.3) is 33.7 Å². The van der Waals surface area contributed by atoms with E-state index in [9.17, 15) is 4.39 Å². The van der Waals surface area contributed by atoms with Crippen molar-refractivity contribution >= 4 is 16.7 Å². The Hall–Kier alpha value is -3.39. The van der Waals surface area contributed by atoms with Crippen molar-refractivity contribution in [2.24, 2.45) is 5.73 Å². The fourth-order valence-electron chi connectivity index (χ4n) is 3.70. The summed E-state index contributed by atoms with van der Waals surface area (Å²) in [5.74, 6) is -0.334. The van der Waals surface area contributed by atoms with Crippen LogP contribution in [-0.4, -0.2) is 44.3 Å². The quantitative estimate of drug-likeness (QED) is 0.559. The van der Waals surface area contributed by atoms with Crippen LogP contribution < -0.4 is 10.6 Å². The predicted octanol–water partition coefficient (Wildman–Crippen LogP) is 3.07. The highest BCUT2D eigenvalue weighted by Gasteiger charge is 2.20. The summed E-state index contributed by atoms with van der Waals surface area (Å²) in [6.07, 6.45) is 4.56. The van der Waals surface area contributed by atoms with E-state index in [0.29, 0.717) is 17.1 Å². The number of aromatic nitrogens is 5. The Balaban J connectivity index is 1.55. The molecule has 0 bridgehead atoms. The molecule has 1 saturated heterocycles. The first-order chi connectivity index (χ1) is 14.1. The van der Waals surface area contributed by atoms with Crippen molar-refractivity contribution in [1.82, 2.24) is 25.1 Å². The van der Waals surface area contributed by atoms with Gasteiger partial charge in [-0.3, -0.25) is 10.1 Å². The van der Waals surface area contributed by atoms with Crippen LogP contribution in [0.1, 0.15) is 12.1 Å². The monoisotopic (exact) mass is 389 g/mol. The lowest BCUT2D eigenvalue weighted by atomic mass is 10.1. The third-order valence-corrected chi connectivity index (χ3v) is 5.31. The van der Waals surface area contributed by atoms with Crippen molar-refractivity contribution in [3.05, 3.63) is 54.2 Å². The number of halogens is 1. The van der Waals surface area contributed by atoms with Gasteiger partial charge in [-0.15, -0.1) is 0 Å². The average molecular weight is 389 g/mol. The lowest BCUT2D eigenvalue weighted by molar-refractivity contribution is 0.610. The van der Waals surface area contributed by atoms with Crippen molar-refractivity contribution in [3.63, 3.8) is 0 Å². The van der Waals surface area contributed by atoms with Crippen LogP contribution in [0.4, 0.5) is 10.1 Å². The van der Waals surface area contributed by atoms with Crippen molar-refractivity contribution in [2.45, 2.75) is 19.4 Å². The number of aryl methyl sites for hydroxylation is 1. The van der Waals surface area contributed by atoms with Gasteiger partial charge in [-0.05, 0) is 43.7 Å². The van der Waals surface area contributed by atoms with Crippen LogP contribution in [0.3, 0.4) is 0 Å². The first kappa shape index (κ1) is 17.7. The van der Waals surface area contributed by atoms with Crippen LogP contribution in [0, 0.1) is 12.7 Å². The highest BCUT2D eigenvalue weighted by atomic mass is 19.1. The third kappa shape index (κ3) is 3.21. The molecule has 5 heterocycles. The maximum absolute atomic E-state index is 13.6. The number of pyridine rings is 3. The molecule has 8 heteroatoms. The lowest BCUT2D eigenvalue weighted by Gasteiger charge is -2.17. The van der Waals surface area contributed by atoms with Crippen molar-refractivity contribution in [3.8, 4) is 22.6 Å². The maximum Gasteiger partial charge on any atom is 0.144 e. The number of hydrogen-bond donors (Lipinski definition) is 2. The summed E-state index contributed by atoms with van der Waals surface area (Å²) in [5, 5.41) is 7.12. The largest absolute Gasteiger partial charge is 0.369 e. The molecule has 4 aromatic heterocycles. The first-order valence-electron chi connectivity index (χ1n) is 9.53. The minimum Gasteiger partial charge on any atom is -0.369 e. The molecule has 7 nitrogen and oxygen atoms in total. The van der Waals surface area contributed by atoms with Gasteiger partial charge in [0.2, 0.25) is 0 Å². The van der Waals surface area contributed by atoms with Gasteiger partial charge in [0.05, 0.1) is 51.9 Å². The second-order valence-electron chi connectivity index (χ2n) is 7.35. The van der Waals surface area contributed by atoms with E-state index in [0.717, 1.165) is 47.5 Å². The normalized spacial score (nSPS) is 16.7. The summed E-state index contributed by atoms with van der Waals surface area (Å²) in [7, 11) is 0. The van der Waals surface area contributed by atoms with Crippen molar-refractivity contribution < 1.29 is 4.39 Å². The summed E-state index contributed by atoms with van der Waals surface area (Å²) in [6.45, 7) is 3.39. The number of rotatable bonds is 3. The molecule has 3 N–H and O–H groups in total. The summed E-state index contributed by atoms with van der Waals surface area (Å²) >= 11 is 0. The van der Waals surface area contributed by atoms with E-state index < -0.39 is 0 Å². The zero-order valence-corrected chi connectivity index (χ0v) is 15.9. The van der Waals surface area contributed by atoms with Crippen molar-refractivity contribution in [2.75, 3.05) is 18.0 Å². The molecule has 1 unspecified atom stereocenters. The SMILES string of the molecule is Cc1nc(-c2[nH]ncc2-c2ccc3ncc(N4CCC(N)C4)cc3n2)ccc1F. The smallest absolute Gasteiger partial charge is 0.144 e. The number of nitrogens with zero attached hydrogens (tertiary/aromatic N) is 5. The summed E-state index contributed by atoms with van der Waals surface area (Å²) < 4.78 is 13.6. The minimum atomic E-state index is -0.334.